The molecule has 1 aliphatic heterocycles. The highest BCUT2D eigenvalue weighted by Gasteiger charge is 2.57. The Labute approximate surface area is 108 Å². The summed E-state index contributed by atoms with van der Waals surface area (Å²) in [6, 6.07) is 0. The molecular formula is C13H23N3O2. The first kappa shape index (κ1) is 13.3. The van der Waals surface area contributed by atoms with Gasteiger partial charge in [-0.1, -0.05) is 20.8 Å². The predicted octanol–water partition coefficient (Wildman–Crippen LogP) is 0.903. The summed E-state index contributed by atoms with van der Waals surface area (Å²) in [6.07, 6.45) is 1.91. The van der Waals surface area contributed by atoms with Crippen molar-refractivity contribution >= 4 is 11.9 Å². The quantitative estimate of drug-likeness (QED) is 0.735. The van der Waals surface area contributed by atoms with E-state index in [-0.39, 0.29) is 11.3 Å². The lowest BCUT2D eigenvalue weighted by atomic mass is 9.86. The lowest BCUT2D eigenvalue weighted by molar-refractivity contribution is -0.125. The number of methoxy groups -OCH3 is 1. The second-order valence-corrected chi connectivity index (χ2v) is 6.22. The Morgan fingerprint density at radius 3 is 2.78 bits per heavy atom. The molecular weight excluding hydrogens is 230 g/mol. The Morgan fingerprint density at radius 1 is 1.50 bits per heavy atom. The Bertz CT molecular complexity index is 378. The summed E-state index contributed by atoms with van der Waals surface area (Å²) in [4.78, 5) is 16.6. The van der Waals surface area contributed by atoms with Crippen molar-refractivity contribution in [2.75, 3.05) is 20.3 Å². The van der Waals surface area contributed by atoms with Crippen LogP contribution in [0.4, 0.5) is 0 Å². The van der Waals surface area contributed by atoms with Crippen molar-refractivity contribution in [2.45, 2.75) is 39.2 Å². The third-order valence-electron chi connectivity index (χ3n) is 4.00. The monoisotopic (exact) mass is 253 g/mol. The van der Waals surface area contributed by atoms with Gasteiger partial charge in [0.25, 0.3) is 5.91 Å². The van der Waals surface area contributed by atoms with Crippen LogP contribution in [0.3, 0.4) is 0 Å². The van der Waals surface area contributed by atoms with Crippen molar-refractivity contribution in [2.24, 2.45) is 16.3 Å². The summed E-state index contributed by atoms with van der Waals surface area (Å²) in [6.45, 7) is 7.70. The standard InChI is InChI=1S/C13H23N3O2/c1-9-7-12(2,3)8-13(9)10(17)15-11(16-13)14-5-6-18-4/h9H,5-8H2,1-4H3,(H2,14,15,16,17). The van der Waals surface area contributed by atoms with Crippen molar-refractivity contribution in [1.82, 2.24) is 10.6 Å². The van der Waals surface area contributed by atoms with E-state index in [2.05, 4.69) is 36.4 Å². The summed E-state index contributed by atoms with van der Waals surface area (Å²) < 4.78 is 4.95. The molecule has 2 N–H and O–H groups in total. The van der Waals surface area contributed by atoms with E-state index in [1.54, 1.807) is 7.11 Å². The number of amides is 1. The van der Waals surface area contributed by atoms with Gasteiger partial charge in [-0.05, 0) is 24.2 Å². The fourth-order valence-electron chi connectivity index (χ4n) is 3.32. The maximum absolute atomic E-state index is 12.3. The van der Waals surface area contributed by atoms with Gasteiger partial charge in [0, 0.05) is 7.11 Å². The molecule has 1 amide bonds. The molecule has 1 aliphatic carbocycles. The number of rotatable bonds is 3. The Balaban J connectivity index is 2.12. The van der Waals surface area contributed by atoms with Gasteiger partial charge in [-0.25, -0.2) is 0 Å². The molecule has 0 aromatic heterocycles. The molecule has 1 heterocycles. The molecule has 0 bridgehead atoms. The Hall–Kier alpha value is -1.10. The lowest BCUT2D eigenvalue weighted by Crippen LogP contribution is -2.49. The normalized spacial score (nSPS) is 36.1. The molecule has 2 aliphatic rings. The molecule has 5 heteroatoms. The highest BCUT2D eigenvalue weighted by molar-refractivity contribution is 6.09. The van der Waals surface area contributed by atoms with E-state index in [0.717, 1.165) is 12.8 Å². The lowest BCUT2D eigenvalue weighted by Gasteiger charge is -2.26. The van der Waals surface area contributed by atoms with E-state index < -0.39 is 5.54 Å². The van der Waals surface area contributed by atoms with Crippen LogP contribution in [0.5, 0.6) is 0 Å². The zero-order valence-corrected chi connectivity index (χ0v) is 11.7. The van der Waals surface area contributed by atoms with Gasteiger partial charge in [-0.15, -0.1) is 0 Å². The van der Waals surface area contributed by atoms with Crippen molar-refractivity contribution in [3.63, 3.8) is 0 Å². The molecule has 102 valence electrons. The van der Waals surface area contributed by atoms with E-state index in [1.807, 2.05) is 0 Å². The number of ether oxygens (including phenoxy) is 1. The fourth-order valence-corrected chi connectivity index (χ4v) is 3.32. The highest BCUT2D eigenvalue weighted by Crippen LogP contribution is 2.48. The molecule has 2 fully saturated rings. The molecule has 0 radical (unpaired) electrons. The number of guanidine groups is 1. The van der Waals surface area contributed by atoms with Crippen LogP contribution in [0.1, 0.15) is 33.6 Å². The molecule has 5 nitrogen and oxygen atoms in total. The van der Waals surface area contributed by atoms with Crippen LogP contribution in [0.25, 0.3) is 0 Å². The van der Waals surface area contributed by atoms with Gasteiger partial charge in [-0.2, -0.15) is 0 Å². The minimum Gasteiger partial charge on any atom is -0.383 e. The number of carbonyl (C=O) groups is 1. The van der Waals surface area contributed by atoms with Crippen molar-refractivity contribution in [1.29, 1.82) is 0 Å². The Morgan fingerprint density at radius 2 is 2.22 bits per heavy atom. The van der Waals surface area contributed by atoms with Gasteiger partial charge in [0.1, 0.15) is 5.54 Å². The maximum atomic E-state index is 12.3. The molecule has 0 aromatic carbocycles. The van der Waals surface area contributed by atoms with Gasteiger partial charge in [0.2, 0.25) is 0 Å². The third-order valence-corrected chi connectivity index (χ3v) is 4.00. The van der Waals surface area contributed by atoms with Gasteiger partial charge in [-0.3, -0.25) is 15.1 Å². The van der Waals surface area contributed by atoms with Crippen molar-refractivity contribution < 1.29 is 9.53 Å². The number of carbonyl (C=O) groups excluding carboxylic acids is 1. The number of hydrogen-bond donors (Lipinski definition) is 2. The average molecular weight is 253 g/mol. The van der Waals surface area contributed by atoms with Crippen LogP contribution < -0.4 is 10.6 Å². The number of nitrogens with zero attached hydrogens (tertiary/aromatic N) is 1. The van der Waals surface area contributed by atoms with E-state index in [1.165, 1.54) is 0 Å². The van der Waals surface area contributed by atoms with E-state index >= 15 is 0 Å². The smallest absolute Gasteiger partial charge is 0.252 e. The summed E-state index contributed by atoms with van der Waals surface area (Å²) >= 11 is 0. The zero-order chi connectivity index (χ0) is 13.4. The van der Waals surface area contributed by atoms with Gasteiger partial charge >= 0.3 is 0 Å². The van der Waals surface area contributed by atoms with E-state index in [9.17, 15) is 4.79 Å². The predicted molar refractivity (Wildman–Crippen MR) is 70.4 cm³/mol. The molecule has 1 spiro atoms. The Kier molecular flexibility index (Phi) is 3.36. The summed E-state index contributed by atoms with van der Waals surface area (Å²) in [5.74, 6) is 0.987. The number of hydrogen-bond acceptors (Lipinski definition) is 3. The van der Waals surface area contributed by atoms with E-state index in [0.29, 0.717) is 25.0 Å². The van der Waals surface area contributed by atoms with Gasteiger partial charge in [0.05, 0.1) is 13.2 Å². The van der Waals surface area contributed by atoms with Crippen molar-refractivity contribution in [3.05, 3.63) is 0 Å². The minimum atomic E-state index is -0.463. The molecule has 1 saturated heterocycles. The summed E-state index contributed by atoms with van der Waals surface area (Å²) in [5.41, 5.74) is -0.263. The maximum Gasteiger partial charge on any atom is 0.252 e. The average Bonchev–Trinajstić information content (AvgIpc) is 2.67. The zero-order valence-electron chi connectivity index (χ0n) is 11.7. The first-order chi connectivity index (χ1) is 8.39. The van der Waals surface area contributed by atoms with Crippen LogP contribution in [0, 0.1) is 11.3 Å². The molecule has 2 unspecified atom stereocenters. The van der Waals surface area contributed by atoms with Crippen LogP contribution in [0.15, 0.2) is 4.99 Å². The minimum absolute atomic E-state index is 0.0664. The van der Waals surface area contributed by atoms with Crippen LogP contribution in [-0.2, 0) is 9.53 Å². The first-order valence-corrected chi connectivity index (χ1v) is 6.53. The van der Waals surface area contributed by atoms with Crippen molar-refractivity contribution in [3.8, 4) is 0 Å². The molecule has 1 saturated carbocycles. The SMILES string of the molecule is COCCN=C1NC(=O)C2(CC(C)(C)CC2C)N1. The molecule has 2 atom stereocenters. The fraction of sp³-hybridized carbons (Fsp3) is 0.846. The highest BCUT2D eigenvalue weighted by atomic mass is 16.5. The van der Waals surface area contributed by atoms with E-state index in [4.69, 9.17) is 4.74 Å². The number of aliphatic imine (C=N–C) groups is 1. The van der Waals surface area contributed by atoms with Crippen LogP contribution in [0.2, 0.25) is 0 Å². The molecule has 2 rings (SSSR count). The third kappa shape index (κ3) is 2.23. The first-order valence-electron chi connectivity index (χ1n) is 6.53. The number of nitrogens with one attached hydrogen (secondary N) is 2. The topological polar surface area (TPSA) is 62.7 Å². The molecule has 0 aromatic rings. The second kappa shape index (κ2) is 4.53. The second-order valence-electron chi connectivity index (χ2n) is 6.22. The van der Waals surface area contributed by atoms with Gasteiger partial charge in [0.15, 0.2) is 5.96 Å². The van der Waals surface area contributed by atoms with Crippen LogP contribution >= 0.6 is 0 Å². The largest absolute Gasteiger partial charge is 0.383 e. The van der Waals surface area contributed by atoms with Gasteiger partial charge < -0.3 is 10.1 Å². The summed E-state index contributed by atoms with van der Waals surface area (Å²) in [5, 5.41) is 6.17. The molecule has 18 heavy (non-hydrogen) atoms. The summed E-state index contributed by atoms with van der Waals surface area (Å²) in [7, 11) is 1.64. The van der Waals surface area contributed by atoms with Crippen LogP contribution in [-0.4, -0.2) is 37.7 Å².